The molecule has 0 radical (unpaired) electrons. The summed E-state index contributed by atoms with van der Waals surface area (Å²) in [4.78, 5) is 11.3. The Kier molecular flexibility index (Phi) is 5.31. The molecule has 0 aliphatic carbocycles. The van der Waals surface area contributed by atoms with E-state index in [4.69, 9.17) is 5.14 Å². The van der Waals surface area contributed by atoms with Gasteiger partial charge in [-0.2, -0.15) is 13.2 Å². The lowest BCUT2D eigenvalue weighted by molar-refractivity contribution is -0.126. The summed E-state index contributed by atoms with van der Waals surface area (Å²) in [7, 11) is -3.94. The Morgan fingerprint density at radius 3 is 2.48 bits per heavy atom. The van der Waals surface area contributed by atoms with Gasteiger partial charge >= 0.3 is 6.18 Å². The minimum atomic E-state index is -4.41. The number of nitrogens with one attached hydrogen (secondary N) is 2. The van der Waals surface area contributed by atoms with Crippen LogP contribution in [0.5, 0.6) is 0 Å². The van der Waals surface area contributed by atoms with Crippen LogP contribution in [-0.2, 0) is 14.8 Å². The second-order valence-corrected chi connectivity index (χ2v) is 5.82. The first-order valence-corrected chi connectivity index (χ1v) is 7.24. The van der Waals surface area contributed by atoms with Crippen molar-refractivity contribution in [2.45, 2.75) is 18.0 Å². The quantitative estimate of drug-likeness (QED) is 0.743. The average Bonchev–Trinajstić information content (AvgIpc) is 2.28. The molecule has 0 aliphatic rings. The number of rotatable bonds is 5. The normalized spacial score (nSPS) is 12.2. The third-order valence-electron chi connectivity index (χ3n) is 2.39. The molecule has 1 aromatic rings. The number of carbonyl (C=O) groups is 1. The summed E-state index contributed by atoms with van der Waals surface area (Å²) in [6, 6.07) is 4.00. The molecule has 0 saturated heterocycles. The van der Waals surface area contributed by atoms with Gasteiger partial charge in [-0.3, -0.25) is 4.79 Å². The Hall–Kier alpha value is -1.65. The molecule has 6 nitrogen and oxygen atoms in total. The van der Waals surface area contributed by atoms with E-state index < -0.39 is 35.2 Å². The Bertz CT molecular complexity index is 629. The monoisotopic (exact) mass is 325 g/mol. The van der Waals surface area contributed by atoms with E-state index in [2.05, 4.69) is 5.32 Å². The zero-order valence-corrected chi connectivity index (χ0v) is 11.8. The SMILES string of the molecule is Cc1ccc(NC(=O)CNCC(F)(F)F)cc1S(N)(=O)=O. The van der Waals surface area contributed by atoms with E-state index in [1.54, 1.807) is 0 Å². The van der Waals surface area contributed by atoms with Gasteiger partial charge in [-0.25, -0.2) is 13.6 Å². The van der Waals surface area contributed by atoms with E-state index in [1.807, 2.05) is 5.32 Å². The number of alkyl halides is 3. The predicted molar refractivity (Wildman–Crippen MR) is 70.1 cm³/mol. The van der Waals surface area contributed by atoms with Crippen molar-refractivity contribution >= 4 is 21.6 Å². The summed E-state index contributed by atoms with van der Waals surface area (Å²) in [5, 5.41) is 9.21. The number of nitrogens with two attached hydrogens (primary N) is 1. The smallest absolute Gasteiger partial charge is 0.325 e. The number of hydrogen-bond acceptors (Lipinski definition) is 4. The summed E-state index contributed by atoms with van der Waals surface area (Å²) in [6.07, 6.45) is -4.41. The highest BCUT2D eigenvalue weighted by molar-refractivity contribution is 7.89. The van der Waals surface area contributed by atoms with Crippen LogP contribution in [0.15, 0.2) is 23.1 Å². The number of hydrogen-bond donors (Lipinski definition) is 3. The summed E-state index contributed by atoms with van der Waals surface area (Å²) < 4.78 is 58.3. The molecule has 0 atom stereocenters. The average molecular weight is 325 g/mol. The van der Waals surface area contributed by atoms with Gasteiger partial charge in [0.25, 0.3) is 0 Å². The molecule has 0 spiro atoms. The summed E-state index contributed by atoms with van der Waals surface area (Å²) >= 11 is 0. The van der Waals surface area contributed by atoms with Crippen molar-refractivity contribution in [3.8, 4) is 0 Å². The highest BCUT2D eigenvalue weighted by Crippen LogP contribution is 2.18. The molecule has 118 valence electrons. The molecule has 0 aliphatic heterocycles. The van der Waals surface area contributed by atoms with Crippen molar-refractivity contribution in [3.63, 3.8) is 0 Å². The molecule has 4 N–H and O–H groups in total. The van der Waals surface area contributed by atoms with Crippen molar-refractivity contribution in [3.05, 3.63) is 23.8 Å². The van der Waals surface area contributed by atoms with Crippen LogP contribution >= 0.6 is 0 Å². The van der Waals surface area contributed by atoms with Gasteiger partial charge in [0.15, 0.2) is 0 Å². The summed E-state index contributed by atoms with van der Waals surface area (Å²) in [5.41, 5.74) is 0.522. The highest BCUT2D eigenvalue weighted by atomic mass is 32.2. The van der Waals surface area contributed by atoms with Gasteiger partial charge in [0.1, 0.15) is 0 Å². The Balaban J connectivity index is 2.70. The van der Waals surface area contributed by atoms with E-state index in [0.717, 1.165) is 6.07 Å². The van der Waals surface area contributed by atoms with Crippen LogP contribution in [0.25, 0.3) is 0 Å². The van der Waals surface area contributed by atoms with Crippen molar-refractivity contribution in [1.82, 2.24) is 5.32 Å². The van der Waals surface area contributed by atoms with Crippen molar-refractivity contribution in [1.29, 1.82) is 0 Å². The first-order valence-electron chi connectivity index (χ1n) is 5.70. The van der Waals surface area contributed by atoms with Gasteiger partial charge < -0.3 is 10.6 Å². The van der Waals surface area contributed by atoms with Gasteiger partial charge in [-0.05, 0) is 24.6 Å². The van der Waals surface area contributed by atoms with Crippen LogP contribution in [0.4, 0.5) is 18.9 Å². The minimum absolute atomic E-state index is 0.128. The van der Waals surface area contributed by atoms with E-state index in [1.165, 1.54) is 19.1 Å². The zero-order valence-electron chi connectivity index (χ0n) is 11.0. The summed E-state index contributed by atoms with van der Waals surface area (Å²) in [6.45, 7) is -0.328. The molecule has 1 amide bonds. The van der Waals surface area contributed by atoms with Crippen LogP contribution in [0.2, 0.25) is 0 Å². The van der Waals surface area contributed by atoms with Crippen molar-refractivity contribution in [2.75, 3.05) is 18.4 Å². The van der Waals surface area contributed by atoms with Crippen LogP contribution in [0.3, 0.4) is 0 Å². The molecule has 0 bridgehead atoms. The second-order valence-electron chi connectivity index (χ2n) is 4.29. The molecular formula is C11H14F3N3O3S. The molecule has 1 aromatic carbocycles. The maximum atomic E-state index is 11.9. The number of sulfonamides is 1. The lowest BCUT2D eigenvalue weighted by Crippen LogP contribution is -2.35. The standard InChI is InChI=1S/C11H14F3N3O3S/c1-7-2-3-8(4-9(7)21(15,19)20)17-10(18)5-16-6-11(12,13)14/h2-4,16H,5-6H2,1H3,(H,17,18)(H2,15,19,20). The van der Waals surface area contributed by atoms with Gasteiger partial charge in [0.2, 0.25) is 15.9 Å². The maximum Gasteiger partial charge on any atom is 0.401 e. The van der Waals surface area contributed by atoms with Crippen LogP contribution in [0, 0.1) is 6.92 Å². The van der Waals surface area contributed by atoms with Crippen molar-refractivity contribution < 1.29 is 26.4 Å². The number of aryl methyl sites for hydroxylation is 1. The molecule has 1 rings (SSSR count). The fourth-order valence-corrected chi connectivity index (χ4v) is 2.32. The lowest BCUT2D eigenvalue weighted by Gasteiger charge is -2.10. The van der Waals surface area contributed by atoms with Gasteiger partial charge in [-0.15, -0.1) is 0 Å². The Morgan fingerprint density at radius 2 is 1.95 bits per heavy atom. The van der Waals surface area contributed by atoms with Crippen molar-refractivity contribution in [2.24, 2.45) is 5.14 Å². The molecule has 0 unspecified atom stereocenters. The third kappa shape index (κ3) is 6.10. The molecule has 0 fully saturated rings. The molecule has 0 saturated carbocycles. The predicted octanol–water partition coefficient (Wildman–Crippen LogP) is 0.733. The van der Waals surface area contributed by atoms with E-state index >= 15 is 0 Å². The fourth-order valence-electron chi connectivity index (χ4n) is 1.51. The highest BCUT2D eigenvalue weighted by Gasteiger charge is 2.26. The zero-order chi connectivity index (χ0) is 16.3. The first-order chi connectivity index (χ1) is 9.49. The number of amides is 1. The number of benzene rings is 1. The molecule has 0 aromatic heterocycles. The van der Waals surface area contributed by atoms with Crippen LogP contribution in [0.1, 0.15) is 5.56 Å². The fraction of sp³-hybridized carbons (Fsp3) is 0.364. The lowest BCUT2D eigenvalue weighted by atomic mass is 10.2. The number of anilines is 1. The second kappa shape index (κ2) is 6.41. The first kappa shape index (κ1) is 17.4. The Labute approximate surface area is 119 Å². The molecular weight excluding hydrogens is 311 g/mol. The third-order valence-corrected chi connectivity index (χ3v) is 3.44. The van der Waals surface area contributed by atoms with Crippen LogP contribution in [-0.4, -0.2) is 33.6 Å². The van der Waals surface area contributed by atoms with Gasteiger partial charge in [-0.1, -0.05) is 6.07 Å². The van der Waals surface area contributed by atoms with Gasteiger partial charge in [0, 0.05) is 5.69 Å². The van der Waals surface area contributed by atoms with E-state index in [9.17, 15) is 26.4 Å². The topological polar surface area (TPSA) is 101 Å². The maximum absolute atomic E-state index is 11.9. The van der Waals surface area contributed by atoms with Crippen LogP contribution < -0.4 is 15.8 Å². The number of halogens is 3. The number of carbonyl (C=O) groups excluding carboxylic acids is 1. The molecule has 10 heteroatoms. The largest absolute Gasteiger partial charge is 0.401 e. The van der Waals surface area contributed by atoms with Gasteiger partial charge in [0.05, 0.1) is 18.0 Å². The number of primary sulfonamides is 1. The summed E-state index contributed by atoms with van der Waals surface area (Å²) in [5.74, 6) is -0.733. The Morgan fingerprint density at radius 1 is 1.33 bits per heavy atom. The minimum Gasteiger partial charge on any atom is -0.325 e. The van der Waals surface area contributed by atoms with E-state index in [-0.39, 0.29) is 10.6 Å². The molecule has 21 heavy (non-hydrogen) atoms. The molecule has 0 heterocycles. The van der Waals surface area contributed by atoms with E-state index in [0.29, 0.717) is 5.56 Å².